The third kappa shape index (κ3) is 9.17. The molecule has 1 aliphatic carbocycles. The Hall–Kier alpha value is -0.980. The zero-order chi connectivity index (χ0) is 19.2. The Labute approximate surface area is 174 Å². The maximum Gasteiger partial charge on any atom is 0.407 e. The molecule has 11 heteroatoms. The number of alkyl halides is 3. The van der Waals surface area contributed by atoms with Gasteiger partial charge in [0.2, 0.25) is 0 Å². The Bertz CT molecular complexity index is 503. The van der Waals surface area contributed by atoms with Gasteiger partial charge in [-0.15, -0.1) is 24.0 Å². The molecule has 27 heavy (non-hydrogen) atoms. The third-order valence-corrected chi connectivity index (χ3v) is 4.50. The predicted molar refractivity (Wildman–Crippen MR) is 107 cm³/mol. The molecule has 158 valence electrons. The van der Waals surface area contributed by atoms with Gasteiger partial charge >= 0.3 is 12.3 Å². The molecule has 1 saturated heterocycles. The molecular formula is C16H29F3IN5O2. The summed E-state index contributed by atoms with van der Waals surface area (Å²) in [5, 5.41) is 9.16. The van der Waals surface area contributed by atoms with Crippen LogP contribution in [0.3, 0.4) is 0 Å². The van der Waals surface area contributed by atoms with Gasteiger partial charge < -0.3 is 20.7 Å². The van der Waals surface area contributed by atoms with Crippen molar-refractivity contribution in [3.05, 3.63) is 0 Å². The number of rotatable bonds is 7. The van der Waals surface area contributed by atoms with E-state index in [9.17, 15) is 18.0 Å². The summed E-state index contributed by atoms with van der Waals surface area (Å²) in [4.78, 5) is 17.1. The first-order chi connectivity index (χ1) is 12.3. The summed E-state index contributed by atoms with van der Waals surface area (Å²) in [6.07, 6.45) is -1.87. The lowest BCUT2D eigenvalue weighted by Crippen LogP contribution is -2.50. The minimum atomic E-state index is -4.18. The summed E-state index contributed by atoms with van der Waals surface area (Å²) in [6.45, 7) is 2.40. The molecule has 0 bridgehead atoms. The number of carbonyl (C=O) groups excluding carboxylic acids is 1. The van der Waals surface area contributed by atoms with Crippen LogP contribution >= 0.6 is 24.0 Å². The number of guanidine groups is 1. The van der Waals surface area contributed by atoms with Gasteiger partial charge in [-0.1, -0.05) is 0 Å². The summed E-state index contributed by atoms with van der Waals surface area (Å²) < 4.78 is 42.3. The van der Waals surface area contributed by atoms with E-state index in [-0.39, 0.29) is 36.1 Å². The topological polar surface area (TPSA) is 78.0 Å². The van der Waals surface area contributed by atoms with Gasteiger partial charge in [-0.05, 0) is 32.1 Å². The standard InChI is InChI=1S/C16H28F3N5O2.HI/c1-3-26-15(25)23-13(11-4-5-11)8-21-14(20-2)22-12-6-7-24(9-12)10-16(17,18)19;/h11-13H,3-10H2,1-2H3,(H,23,25)(H2,20,21,22);1H. The highest BCUT2D eigenvalue weighted by Crippen LogP contribution is 2.32. The van der Waals surface area contributed by atoms with E-state index in [1.807, 2.05) is 0 Å². The van der Waals surface area contributed by atoms with Gasteiger partial charge in [-0.25, -0.2) is 4.79 Å². The normalized spacial score (nSPS) is 22.0. The summed E-state index contributed by atoms with van der Waals surface area (Å²) in [6, 6.07) is -0.140. The van der Waals surface area contributed by atoms with Crippen LogP contribution in [0.4, 0.5) is 18.0 Å². The molecule has 2 fully saturated rings. The number of ether oxygens (including phenoxy) is 1. The average molecular weight is 507 g/mol. The number of hydrogen-bond donors (Lipinski definition) is 3. The van der Waals surface area contributed by atoms with Crippen LogP contribution in [0, 0.1) is 5.92 Å². The molecule has 1 aliphatic heterocycles. The lowest BCUT2D eigenvalue weighted by molar-refractivity contribution is -0.143. The largest absolute Gasteiger partial charge is 0.450 e. The first-order valence-corrected chi connectivity index (χ1v) is 9.00. The van der Waals surface area contributed by atoms with Crippen molar-refractivity contribution in [2.45, 2.75) is 44.4 Å². The van der Waals surface area contributed by atoms with E-state index in [1.165, 1.54) is 4.90 Å². The third-order valence-electron chi connectivity index (χ3n) is 4.50. The van der Waals surface area contributed by atoms with Crippen LogP contribution in [0.25, 0.3) is 0 Å². The van der Waals surface area contributed by atoms with Crippen LogP contribution < -0.4 is 16.0 Å². The SMILES string of the molecule is CCOC(=O)NC(CNC(=NC)NC1CCN(CC(F)(F)F)C1)C1CC1.I. The molecule has 0 aromatic carbocycles. The van der Waals surface area contributed by atoms with Crippen molar-refractivity contribution in [3.63, 3.8) is 0 Å². The highest BCUT2D eigenvalue weighted by atomic mass is 127. The van der Waals surface area contributed by atoms with Gasteiger partial charge in [0.25, 0.3) is 0 Å². The fraction of sp³-hybridized carbons (Fsp3) is 0.875. The Morgan fingerprint density at radius 3 is 2.59 bits per heavy atom. The van der Waals surface area contributed by atoms with Crippen molar-refractivity contribution >= 4 is 36.0 Å². The number of nitrogens with one attached hydrogen (secondary N) is 3. The summed E-state index contributed by atoms with van der Waals surface area (Å²) >= 11 is 0. The number of aliphatic imine (C=N–C) groups is 1. The first-order valence-electron chi connectivity index (χ1n) is 9.00. The van der Waals surface area contributed by atoms with E-state index < -0.39 is 18.8 Å². The van der Waals surface area contributed by atoms with Crippen LogP contribution in [0.2, 0.25) is 0 Å². The maximum absolute atomic E-state index is 12.5. The van der Waals surface area contributed by atoms with Gasteiger partial charge in [-0.2, -0.15) is 13.2 Å². The van der Waals surface area contributed by atoms with Crippen LogP contribution in [-0.2, 0) is 4.74 Å². The van der Waals surface area contributed by atoms with Crippen molar-refractivity contribution in [1.82, 2.24) is 20.9 Å². The minimum Gasteiger partial charge on any atom is -0.450 e. The van der Waals surface area contributed by atoms with E-state index in [0.29, 0.717) is 44.5 Å². The molecule has 2 atom stereocenters. The quantitative estimate of drug-likeness (QED) is 0.279. The van der Waals surface area contributed by atoms with E-state index in [0.717, 1.165) is 12.8 Å². The number of halogens is 4. The van der Waals surface area contributed by atoms with Crippen molar-refractivity contribution in [3.8, 4) is 0 Å². The number of alkyl carbamates (subject to hydrolysis) is 1. The fourth-order valence-electron chi connectivity index (χ4n) is 3.10. The van der Waals surface area contributed by atoms with E-state index in [2.05, 4.69) is 20.9 Å². The van der Waals surface area contributed by atoms with E-state index in [4.69, 9.17) is 4.74 Å². The lowest BCUT2D eigenvalue weighted by Gasteiger charge is -2.22. The number of nitrogens with zero attached hydrogens (tertiary/aromatic N) is 2. The van der Waals surface area contributed by atoms with Crippen LogP contribution in [-0.4, -0.2) is 75.0 Å². The summed E-state index contributed by atoms with van der Waals surface area (Å²) in [5.74, 6) is 0.943. The highest BCUT2D eigenvalue weighted by Gasteiger charge is 2.35. The molecule has 0 spiro atoms. The van der Waals surface area contributed by atoms with Crippen molar-refractivity contribution in [2.75, 3.05) is 39.8 Å². The zero-order valence-corrected chi connectivity index (χ0v) is 18.0. The predicted octanol–water partition coefficient (Wildman–Crippen LogP) is 1.93. The summed E-state index contributed by atoms with van der Waals surface area (Å²) in [5.41, 5.74) is 0. The second kappa shape index (κ2) is 11.1. The second-order valence-electron chi connectivity index (χ2n) is 6.74. The van der Waals surface area contributed by atoms with Gasteiger partial charge in [0.05, 0.1) is 19.2 Å². The average Bonchev–Trinajstić information content (AvgIpc) is 3.30. The molecule has 0 aromatic rings. The molecule has 2 rings (SSSR count). The van der Waals surface area contributed by atoms with Gasteiger partial charge in [0.1, 0.15) is 0 Å². The monoisotopic (exact) mass is 507 g/mol. The number of likely N-dealkylation sites (tertiary alicyclic amines) is 1. The van der Waals surface area contributed by atoms with Crippen molar-refractivity contribution in [2.24, 2.45) is 10.9 Å². The van der Waals surface area contributed by atoms with Gasteiger partial charge in [-0.3, -0.25) is 9.89 Å². The number of hydrogen-bond acceptors (Lipinski definition) is 4. The minimum absolute atomic E-state index is 0. The molecular weight excluding hydrogens is 478 g/mol. The Morgan fingerprint density at radius 2 is 2.04 bits per heavy atom. The van der Waals surface area contributed by atoms with Crippen molar-refractivity contribution < 1.29 is 22.7 Å². The fourth-order valence-corrected chi connectivity index (χ4v) is 3.10. The van der Waals surface area contributed by atoms with Crippen LogP contribution in [0.1, 0.15) is 26.2 Å². The highest BCUT2D eigenvalue weighted by molar-refractivity contribution is 14.0. The Balaban J connectivity index is 0.00000364. The molecule has 1 saturated carbocycles. The Morgan fingerprint density at radius 1 is 1.33 bits per heavy atom. The van der Waals surface area contributed by atoms with Crippen LogP contribution in [0.5, 0.6) is 0 Å². The van der Waals surface area contributed by atoms with E-state index >= 15 is 0 Å². The Kier molecular flexibility index (Phi) is 9.91. The maximum atomic E-state index is 12.5. The number of amides is 1. The number of carbonyl (C=O) groups is 1. The second-order valence-corrected chi connectivity index (χ2v) is 6.74. The first kappa shape index (κ1) is 24.1. The lowest BCUT2D eigenvalue weighted by atomic mass is 10.2. The molecule has 1 amide bonds. The van der Waals surface area contributed by atoms with Crippen molar-refractivity contribution in [1.29, 1.82) is 0 Å². The van der Waals surface area contributed by atoms with E-state index in [1.54, 1.807) is 14.0 Å². The van der Waals surface area contributed by atoms with Gasteiger partial charge in [0, 0.05) is 32.7 Å². The molecule has 2 aliphatic rings. The molecule has 0 radical (unpaired) electrons. The smallest absolute Gasteiger partial charge is 0.407 e. The zero-order valence-electron chi connectivity index (χ0n) is 15.6. The summed E-state index contributed by atoms with van der Waals surface area (Å²) in [7, 11) is 1.61. The molecule has 0 aromatic heterocycles. The molecule has 1 heterocycles. The molecule has 2 unspecified atom stereocenters. The molecule has 3 N–H and O–H groups in total. The van der Waals surface area contributed by atoms with Crippen LogP contribution in [0.15, 0.2) is 4.99 Å². The van der Waals surface area contributed by atoms with Gasteiger partial charge in [0.15, 0.2) is 5.96 Å². The molecule has 7 nitrogen and oxygen atoms in total.